The van der Waals surface area contributed by atoms with Gasteiger partial charge in [0, 0.05) is 24.3 Å². The summed E-state index contributed by atoms with van der Waals surface area (Å²) in [6.07, 6.45) is 1.46. The topological polar surface area (TPSA) is 20.2 Å². The van der Waals surface area contributed by atoms with Crippen molar-refractivity contribution in [3.05, 3.63) is 70.0 Å². The minimum absolute atomic E-state index is 0.310. The molecule has 0 unspecified atom stereocenters. The molecule has 2 aromatic rings. The summed E-state index contributed by atoms with van der Waals surface area (Å²) in [6.45, 7) is 0. The monoisotopic (exact) mass is 276 g/mol. The maximum absolute atomic E-state index is 13.8. The predicted octanol–water partition coefficient (Wildman–Crippen LogP) is 3.55. The largest absolute Gasteiger partial charge is 0.389 e. The smallest absolute Gasteiger partial charge is 0.127 e. The third-order valence-electron chi connectivity index (χ3n) is 3.69. The van der Waals surface area contributed by atoms with Crippen LogP contribution in [-0.2, 0) is 19.3 Å². The van der Waals surface area contributed by atoms with E-state index in [0.29, 0.717) is 29.8 Å². The Morgan fingerprint density at radius 3 is 2.32 bits per heavy atom. The van der Waals surface area contributed by atoms with Gasteiger partial charge in [0.2, 0.25) is 0 Å². The van der Waals surface area contributed by atoms with E-state index in [1.165, 1.54) is 6.07 Å². The molecule has 0 saturated heterocycles. The second kappa shape index (κ2) is 4.62. The molecule has 0 atom stereocenters. The lowest BCUT2D eigenvalue weighted by Gasteiger charge is -2.22. The fourth-order valence-corrected chi connectivity index (χ4v) is 2.98. The second-order valence-electron chi connectivity index (χ2n) is 5.26. The van der Waals surface area contributed by atoms with Crippen LogP contribution < -0.4 is 0 Å². The minimum atomic E-state index is -0.891. The summed E-state index contributed by atoms with van der Waals surface area (Å²) in [5.41, 5.74) is 1.93. The molecule has 0 bridgehead atoms. The van der Waals surface area contributed by atoms with E-state index >= 15 is 0 Å². The molecule has 0 heterocycles. The Bertz CT molecular complexity index is 599. The predicted molar refractivity (Wildman–Crippen MR) is 73.9 cm³/mol. The molecule has 0 aromatic heterocycles. The van der Waals surface area contributed by atoms with E-state index in [1.807, 2.05) is 24.3 Å². The fraction of sp³-hybridized carbons (Fsp3) is 0.250. The summed E-state index contributed by atoms with van der Waals surface area (Å²) in [5, 5.41) is 11.0. The van der Waals surface area contributed by atoms with Crippen molar-refractivity contribution in [1.29, 1.82) is 0 Å². The van der Waals surface area contributed by atoms with E-state index < -0.39 is 5.60 Å². The molecule has 19 heavy (non-hydrogen) atoms. The van der Waals surface area contributed by atoms with Gasteiger partial charge in [-0.2, -0.15) is 0 Å². The van der Waals surface area contributed by atoms with Crippen LogP contribution in [0.3, 0.4) is 0 Å². The first-order chi connectivity index (χ1) is 9.06. The van der Waals surface area contributed by atoms with Gasteiger partial charge < -0.3 is 5.11 Å². The van der Waals surface area contributed by atoms with Gasteiger partial charge in [0.05, 0.1) is 5.60 Å². The highest BCUT2D eigenvalue weighted by molar-refractivity contribution is 6.30. The first-order valence-electron chi connectivity index (χ1n) is 6.29. The van der Waals surface area contributed by atoms with Gasteiger partial charge in [-0.3, -0.25) is 0 Å². The van der Waals surface area contributed by atoms with Gasteiger partial charge in [0.1, 0.15) is 5.82 Å². The van der Waals surface area contributed by atoms with E-state index in [1.54, 1.807) is 12.1 Å². The van der Waals surface area contributed by atoms with Crippen molar-refractivity contribution in [2.75, 3.05) is 0 Å². The molecule has 1 aliphatic rings. The van der Waals surface area contributed by atoms with Crippen molar-refractivity contribution < 1.29 is 9.50 Å². The van der Waals surface area contributed by atoms with Gasteiger partial charge in [-0.15, -0.1) is 0 Å². The quantitative estimate of drug-likeness (QED) is 0.889. The summed E-state index contributed by atoms with van der Waals surface area (Å²) in [5.74, 6) is -0.350. The average Bonchev–Trinajstić information content (AvgIpc) is 2.69. The molecule has 2 aromatic carbocycles. The van der Waals surface area contributed by atoms with Crippen LogP contribution >= 0.6 is 11.6 Å². The molecule has 1 N–H and O–H groups in total. The molecule has 98 valence electrons. The second-order valence-corrected chi connectivity index (χ2v) is 5.70. The Labute approximate surface area is 116 Å². The van der Waals surface area contributed by atoms with Gasteiger partial charge in [0.25, 0.3) is 0 Å². The van der Waals surface area contributed by atoms with Crippen LogP contribution in [0.2, 0.25) is 5.02 Å². The first-order valence-corrected chi connectivity index (χ1v) is 6.67. The molecule has 0 fully saturated rings. The number of benzene rings is 2. The number of rotatable bonds is 2. The highest BCUT2D eigenvalue weighted by atomic mass is 35.5. The SMILES string of the molecule is OC1(Cc2ccc(Cl)cc2F)Cc2ccccc2C1. The number of fused-ring (bicyclic) bond motifs is 1. The number of hydrogen-bond donors (Lipinski definition) is 1. The lowest BCUT2D eigenvalue weighted by molar-refractivity contribution is 0.0509. The molecule has 1 aliphatic carbocycles. The average molecular weight is 277 g/mol. The highest BCUT2D eigenvalue weighted by Gasteiger charge is 2.35. The third-order valence-corrected chi connectivity index (χ3v) is 3.93. The van der Waals surface area contributed by atoms with Crippen molar-refractivity contribution in [2.24, 2.45) is 0 Å². The molecule has 0 saturated carbocycles. The Kier molecular flexibility index (Phi) is 3.08. The minimum Gasteiger partial charge on any atom is -0.389 e. The van der Waals surface area contributed by atoms with E-state index in [0.717, 1.165) is 11.1 Å². The summed E-state index contributed by atoms with van der Waals surface area (Å²) in [7, 11) is 0. The zero-order chi connectivity index (χ0) is 13.5. The van der Waals surface area contributed by atoms with Crippen LogP contribution in [0.4, 0.5) is 4.39 Å². The molecule has 3 rings (SSSR count). The van der Waals surface area contributed by atoms with Crippen molar-refractivity contribution >= 4 is 11.6 Å². The molecular weight excluding hydrogens is 263 g/mol. The van der Waals surface area contributed by atoms with Gasteiger partial charge in [-0.1, -0.05) is 41.9 Å². The Morgan fingerprint density at radius 1 is 1.11 bits per heavy atom. The molecule has 3 heteroatoms. The van der Waals surface area contributed by atoms with Crippen molar-refractivity contribution in [3.8, 4) is 0 Å². The molecule has 0 amide bonds. The summed E-state index contributed by atoms with van der Waals surface area (Å²) in [6, 6.07) is 12.6. The van der Waals surface area contributed by atoms with Gasteiger partial charge >= 0.3 is 0 Å². The lowest BCUT2D eigenvalue weighted by Crippen LogP contribution is -2.32. The van der Waals surface area contributed by atoms with Crippen LogP contribution in [-0.4, -0.2) is 10.7 Å². The number of hydrogen-bond acceptors (Lipinski definition) is 1. The standard InChI is InChI=1S/C16H14ClFO/c17-14-6-5-13(15(18)7-14)10-16(19)8-11-3-1-2-4-12(11)9-16/h1-7,19H,8-10H2. The third kappa shape index (κ3) is 2.51. The van der Waals surface area contributed by atoms with E-state index in [9.17, 15) is 9.50 Å². The molecule has 1 nitrogen and oxygen atoms in total. The van der Waals surface area contributed by atoms with Crippen LogP contribution in [0.25, 0.3) is 0 Å². The number of halogens is 2. The van der Waals surface area contributed by atoms with Crippen molar-refractivity contribution in [2.45, 2.75) is 24.9 Å². The van der Waals surface area contributed by atoms with Crippen molar-refractivity contribution in [3.63, 3.8) is 0 Å². The summed E-state index contributed by atoms with van der Waals surface area (Å²) >= 11 is 5.74. The summed E-state index contributed by atoms with van der Waals surface area (Å²) in [4.78, 5) is 0. The number of aliphatic hydroxyl groups is 1. The maximum atomic E-state index is 13.8. The fourth-order valence-electron chi connectivity index (χ4n) is 2.82. The molecule has 0 spiro atoms. The van der Waals surface area contributed by atoms with Crippen LogP contribution in [0.5, 0.6) is 0 Å². The van der Waals surface area contributed by atoms with Crippen LogP contribution in [0, 0.1) is 5.82 Å². The van der Waals surface area contributed by atoms with E-state index in [4.69, 9.17) is 11.6 Å². The van der Waals surface area contributed by atoms with Gasteiger partial charge in [-0.05, 0) is 28.8 Å². The highest BCUT2D eigenvalue weighted by Crippen LogP contribution is 2.33. The van der Waals surface area contributed by atoms with Crippen LogP contribution in [0.15, 0.2) is 42.5 Å². The Balaban J connectivity index is 1.85. The lowest BCUT2D eigenvalue weighted by atomic mass is 9.91. The Hall–Kier alpha value is -1.38. The van der Waals surface area contributed by atoms with Crippen molar-refractivity contribution in [1.82, 2.24) is 0 Å². The maximum Gasteiger partial charge on any atom is 0.127 e. The summed E-state index contributed by atoms with van der Waals surface area (Å²) < 4.78 is 13.8. The normalized spacial score (nSPS) is 16.4. The van der Waals surface area contributed by atoms with Gasteiger partial charge in [-0.25, -0.2) is 4.39 Å². The molecule has 0 radical (unpaired) electrons. The molecule has 0 aliphatic heterocycles. The van der Waals surface area contributed by atoms with Gasteiger partial charge in [0.15, 0.2) is 0 Å². The molecular formula is C16H14ClFO. The first kappa shape index (κ1) is 12.6. The zero-order valence-electron chi connectivity index (χ0n) is 10.4. The zero-order valence-corrected chi connectivity index (χ0v) is 11.1. The van der Waals surface area contributed by atoms with Crippen LogP contribution in [0.1, 0.15) is 16.7 Å². The van der Waals surface area contributed by atoms with E-state index in [2.05, 4.69) is 0 Å². The Morgan fingerprint density at radius 2 is 1.74 bits per heavy atom. The van der Waals surface area contributed by atoms with E-state index in [-0.39, 0.29) is 5.82 Å².